The number of hydrogen-bond donors (Lipinski definition) is 1. The Hall–Kier alpha value is -1.65. The lowest BCUT2D eigenvalue weighted by Crippen LogP contribution is -2.32. The average molecular weight is 276 g/mol. The van der Waals surface area contributed by atoms with Crippen molar-refractivity contribution in [2.45, 2.75) is 12.5 Å². The smallest absolute Gasteiger partial charge is 0.272 e. The quantitative estimate of drug-likeness (QED) is 0.867. The van der Waals surface area contributed by atoms with Crippen LogP contribution in [0.3, 0.4) is 0 Å². The molecule has 1 aliphatic rings. The minimum Gasteiger partial charge on any atom is -0.336 e. The van der Waals surface area contributed by atoms with Gasteiger partial charge in [0, 0.05) is 29.5 Å². The van der Waals surface area contributed by atoms with E-state index in [1.165, 1.54) is 0 Å². The molecule has 3 rings (SSSR count). The van der Waals surface area contributed by atoms with Gasteiger partial charge in [0.2, 0.25) is 0 Å². The summed E-state index contributed by atoms with van der Waals surface area (Å²) in [5.74, 6) is -0.0603. The molecule has 0 saturated carbocycles. The first kappa shape index (κ1) is 12.4. The Bertz CT molecular complexity index is 644. The van der Waals surface area contributed by atoms with Crippen LogP contribution in [0.25, 0.3) is 10.9 Å². The van der Waals surface area contributed by atoms with Crippen molar-refractivity contribution in [3.63, 3.8) is 0 Å². The van der Waals surface area contributed by atoms with Gasteiger partial charge in [0.15, 0.2) is 0 Å². The molecule has 0 bridgehead atoms. The molecule has 0 spiro atoms. The Morgan fingerprint density at radius 1 is 1.37 bits per heavy atom. The summed E-state index contributed by atoms with van der Waals surface area (Å²) in [4.78, 5) is 18.4. The maximum absolute atomic E-state index is 12.3. The highest BCUT2D eigenvalue weighted by Crippen LogP contribution is 2.19. The number of rotatable bonds is 1. The highest BCUT2D eigenvalue weighted by Gasteiger charge is 2.25. The number of carbonyl (C=O) groups excluding carboxylic acids is 1. The number of likely N-dealkylation sites (tertiary alicyclic amines) is 1. The molecule has 1 saturated heterocycles. The number of aromatic nitrogens is 1. The molecule has 1 aromatic carbocycles. The molecule has 19 heavy (non-hydrogen) atoms. The van der Waals surface area contributed by atoms with E-state index in [-0.39, 0.29) is 11.9 Å². The number of nitrogens with zero attached hydrogens (tertiary/aromatic N) is 2. The van der Waals surface area contributed by atoms with Crippen molar-refractivity contribution in [2.24, 2.45) is 5.73 Å². The van der Waals surface area contributed by atoms with Gasteiger partial charge in [-0.1, -0.05) is 23.7 Å². The minimum atomic E-state index is -0.0603. The van der Waals surface area contributed by atoms with Crippen LogP contribution in [0.2, 0.25) is 5.02 Å². The van der Waals surface area contributed by atoms with Crippen LogP contribution in [0.1, 0.15) is 16.9 Å². The second-order valence-electron chi connectivity index (χ2n) is 4.83. The van der Waals surface area contributed by atoms with Gasteiger partial charge >= 0.3 is 0 Å². The third-order valence-corrected chi connectivity index (χ3v) is 3.62. The average Bonchev–Trinajstić information content (AvgIpc) is 2.83. The molecule has 98 valence electrons. The minimum absolute atomic E-state index is 0.0603. The maximum atomic E-state index is 12.3. The Balaban J connectivity index is 1.94. The van der Waals surface area contributed by atoms with E-state index >= 15 is 0 Å². The first-order chi connectivity index (χ1) is 9.13. The van der Waals surface area contributed by atoms with Gasteiger partial charge in [0.05, 0.1) is 5.52 Å². The molecule has 2 N–H and O–H groups in total. The van der Waals surface area contributed by atoms with Gasteiger partial charge in [0.25, 0.3) is 5.91 Å². The zero-order chi connectivity index (χ0) is 13.4. The number of hydrogen-bond acceptors (Lipinski definition) is 3. The summed E-state index contributed by atoms with van der Waals surface area (Å²) in [6, 6.07) is 9.20. The van der Waals surface area contributed by atoms with Crippen LogP contribution in [0.4, 0.5) is 0 Å². The van der Waals surface area contributed by atoms with Gasteiger partial charge in [0.1, 0.15) is 5.69 Å². The lowest BCUT2D eigenvalue weighted by Gasteiger charge is -2.15. The summed E-state index contributed by atoms with van der Waals surface area (Å²) in [5, 5.41) is 1.59. The molecule has 1 amide bonds. The van der Waals surface area contributed by atoms with Crippen LogP contribution in [0, 0.1) is 0 Å². The molecule has 0 unspecified atom stereocenters. The standard InChI is InChI=1S/C14H14ClN3O/c15-10-3-1-9-2-4-12(17-13(9)7-10)14(19)18-6-5-11(16)8-18/h1-4,7,11H,5-6,8,16H2/t11-/m1/s1. The van der Waals surface area contributed by atoms with E-state index in [0.717, 1.165) is 17.3 Å². The van der Waals surface area contributed by atoms with Crippen molar-refractivity contribution in [1.29, 1.82) is 0 Å². The van der Waals surface area contributed by atoms with Crippen LogP contribution >= 0.6 is 11.6 Å². The fourth-order valence-corrected chi connectivity index (χ4v) is 2.51. The number of amides is 1. The van der Waals surface area contributed by atoms with Crippen molar-refractivity contribution >= 4 is 28.4 Å². The van der Waals surface area contributed by atoms with E-state index in [9.17, 15) is 4.79 Å². The van der Waals surface area contributed by atoms with Gasteiger partial charge < -0.3 is 10.6 Å². The Kier molecular flexibility index (Phi) is 3.12. The molecule has 1 aromatic heterocycles. The van der Waals surface area contributed by atoms with Crippen molar-refractivity contribution in [3.8, 4) is 0 Å². The summed E-state index contributed by atoms with van der Waals surface area (Å²) in [6.45, 7) is 1.31. The summed E-state index contributed by atoms with van der Waals surface area (Å²) >= 11 is 5.94. The molecular weight excluding hydrogens is 262 g/mol. The molecule has 2 aromatic rings. The number of halogens is 1. The Morgan fingerprint density at radius 2 is 2.16 bits per heavy atom. The van der Waals surface area contributed by atoms with E-state index in [1.807, 2.05) is 18.2 Å². The monoisotopic (exact) mass is 275 g/mol. The lowest BCUT2D eigenvalue weighted by atomic mass is 10.2. The number of pyridine rings is 1. The summed E-state index contributed by atoms with van der Waals surface area (Å²) in [5.41, 5.74) is 7.01. The molecule has 0 radical (unpaired) electrons. The van der Waals surface area contributed by atoms with Crippen LogP contribution < -0.4 is 5.73 Å². The molecular formula is C14H14ClN3O. The van der Waals surface area contributed by atoms with Crippen molar-refractivity contribution < 1.29 is 4.79 Å². The van der Waals surface area contributed by atoms with Gasteiger partial charge in [-0.15, -0.1) is 0 Å². The van der Waals surface area contributed by atoms with E-state index in [4.69, 9.17) is 17.3 Å². The Morgan fingerprint density at radius 3 is 2.89 bits per heavy atom. The van der Waals surface area contributed by atoms with E-state index in [1.54, 1.807) is 17.0 Å². The summed E-state index contributed by atoms with van der Waals surface area (Å²) in [6.07, 6.45) is 0.852. The molecule has 1 fully saturated rings. The van der Waals surface area contributed by atoms with E-state index < -0.39 is 0 Å². The first-order valence-electron chi connectivity index (χ1n) is 6.24. The second kappa shape index (κ2) is 4.79. The number of nitrogens with two attached hydrogens (primary N) is 1. The molecule has 0 aliphatic carbocycles. The fourth-order valence-electron chi connectivity index (χ4n) is 2.34. The van der Waals surface area contributed by atoms with Crippen molar-refractivity contribution in [2.75, 3.05) is 13.1 Å². The van der Waals surface area contributed by atoms with Gasteiger partial charge in [-0.05, 0) is 24.6 Å². The third-order valence-electron chi connectivity index (χ3n) is 3.39. The summed E-state index contributed by atoms with van der Waals surface area (Å²) < 4.78 is 0. The van der Waals surface area contributed by atoms with Crippen LogP contribution in [-0.4, -0.2) is 34.9 Å². The first-order valence-corrected chi connectivity index (χ1v) is 6.62. The predicted octanol–water partition coefficient (Wildman–Crippen LogP) is 2.06. The van der Waals surface area contributed by atoms with Crippen molar-refractivity contribution in [3.05, 3.63) is 41.0 Å². The summed E-state index contributed by atoms with van der Waals surface area (Å²) in [7, 11) is 0. The second-order valence-corrected chi connectivity index (χ2v) is 5.27. The van der Waals surface area contributed by atoms with Gasteiger partial charge in [-0.25, -0.2) is 4.98 Å². The molecule has 1 atom stereocenters. The fraction of sp³-hybridized carbons (Fsp3) is 0.286. The van der Waals surface area contributed by atoms with Crippen LogP contribution in [0.5, 0.6) is 0 Å². The molecule has 1 aliphatic heterocycles. The molecule has 4 nitrogen and oxygen atoms in total. The highest BCUT2D eigenvalue weighted by molar-refractivity contribution is 6.31. The van der Waals surface area contributed by atoms with Gasteiger partial charge in [-0.3, -0.25) is 4.79 Å². The van der Waals surface area contributed by atoms with E-state index in [2.05, 4.69) is 4.98 Å². The SMILES string of the molecule is N[C@@H]1CCN(C(=O)c2ccc3ccc(Cl)cc3n2)C1. The lowest BCUT2D eigenvalue weighted by molar-refractivity contribution is 0.0785. The van der Waals surface area contributed by atoms with Crippen LogP contribution in [-0.2, 0) is 0 Å². The normalized spacial score (nSPS) is 19.1. The Labute approximate surface area is 116 Å². The number of benzene rings is 1. The topological polar surface area (TPSA) is 59.2 Å². The zero-order valence-corrected chi connectivity index (χ0v) is 11.1. The molecule has 2 heterocycles. The third kappa shape index (κ3) is 2.41. The maximum Gasteiger partial charge on any atom is 0.272 e. The van der Waals surface area contributed by atoms with Gasteiger partial charge in [-0.2, -0.15) is 0 Å². The molecule has 5 heteroatoms. The number of fused-ring (bicyclic) bond motifs is 1. The highest BCUT2D eigenvalue weighted by atomic mass is 35.5. The predicted molar refractivity (Wildman–Crippen MR) is 75.2 cm³/mol. The largest absolute Gasteiger partial charge is 0.336 e. The van der Waals surface area contributed by atoms with E-state index in [0.29, 0.717) is 23.8 Å². The number of carbonyl (C=O) groups is 1. The van der Waals surface area contributed by atoms with Crippen molar-refractivity contribution in [1.82, 2.24) is 9.88 Å². The zero-order valence-electron chi connectivity index (χ0n) is 10.3. The van der Waals surface area contributed by atoms with Crippen LogP contribution in [0.15, 0.2) is 30.3 Å².